The van der Waals surface area contributed by atoms with E-state index in [-0.39, 0.29) is 11.9 Å². The molecule has 0 saturated carbocycles. The van der Waals surface area contributed by atoms with E-state index < -0.39 is 0 Å². The van der Waals surface area contributed by atoms with E-state index in [1.54, 1.807) is 0 Å². The average Bonchev–Trinajstić information content (AvgIpc) is 2.62. The van der Waals surface area contributed by atoms with Crippen LogP contribution < -0.4 is 0 Å². The highest BCUT2D eigenvalue weighted by molar-refractivity contribution is 5.78. The number of esters is 1. The third kappa shape index (κ3) is 1.54. The Labute approximate surface area is 94.9 Å². The molecule has 0 bridgehead atoms. The summed E-state index contributed by atoms with van der Waals surface area (Å²) in [5.41, 5.74) is 2.61. The Bertz CT molecular complexity index is 448. The first-order chi connectivity index (χ1) is 7.84. The molecule has 82 valence electrons. The number of ether oxygens (including phenoxy) is 1. The van der Waals surface area contributed by atoms with Crippen molar-refractivity contribution in [3.05, 3.63) is 41.5 Å². The molecule has 2 nitrogen and oxygen atoms in total. The fourth-order valence-corrected chi connectivity index (χ4v) is 2.55. The van der Waals surface area contributed by atoms with Gasteiger partial charge in [-0.25, -0.2) is 0 Å². The van der Waals surface area contributed by atoms with Crippen LogP contribution in [0.4, 0.5) is 0 Å². The van der Waals surface area contributed by atoms with Crippen LogP contribution in [0.5, 0.6) is 0 Å². The Kier molecular flexibility index (Phi) is 2.28. The molecular formula is C14H14O2. The first kappa shape index (κ1) is 9.64. The van der Waals surface area contributed by atoms with Crippen molar-refractivity contribution in [1.29, 1.82) is 0 Å². The smallest absolute Gasteiger partial charge is 0.313 e. The highest BCUT2D eigenvalue weighted by Gasteiger charge is 2.35. The molecule has 0 amide bonds. The zero-order valence-electron chi connectivity index (χ0n) is 9.06. The molecule has 1 aliphatic heterocycles. The summed E-state index contributed by atoms with van der Waals surface area (Å²) in [5.74, 6) is 0.297. The van der Waals surface area contributed by atoms with Crippen molar-refractivity contribution < 1.29 is 9.53 Å². The van der Waals surface area contributed by atoms with Gasteiger partial charge in [-0.15, -0.1) is 0 Å². The van der Waals surface area contributed by atoms with E-state index in [4.69, 9.17) is 4.74 Å². The third-order valence-electron chi connectivity index (χ3n) is 3.54. The van der Waals surface area contributed by atoms with Gasteiger partial charge in [0.15, 0.2) is 0 Å². The minimum absolute atomic E-state index is 0.0200. The molecule has 2 unspecified atom stereocenters. The van der Waals surface area contributed by atoms with Crippen LogP contribution in [0.25, 0.3) is 6.08 Å². The number of rotatable bonds is 0. The Balaban J connectivity index is 1.97. The van der Waals surface area contributed by atoms with E-state index in [1.807, 2.05) is 12.1 Å². The fourth-order valence-electron chi connectivity index (χ4n) is 2.55. The van der Waals surface area contributed by atoms with Crippen molar-refractivity contribution in [3.8, 4) is 0 Å². The van der Waals surface area contributed by atoms with Crippen LogP contribution in [0.2, 0.25) is 0 Å². The lowest BCUT2D eigenvalue weighted by atomic mass is 9.85. The van der Waals surface area contributed by atoms with E-state index in [0.29, 0.717) is 12.5 Å². The van der Waals surface area contributed by atoms with Crippen molar-refractivity contribution >= 4 is 12.0 Å². The van der Waals surface area contributed by atoms with Gasteiger partial charge in [-0.3, -0.25) is 4.79 Å². The van der Waals surface area contributed by atoms with Gasteiger partial charge in [-0.05, 0) is 24.0 Å². The molecule has 1 heterocycles. The second-order valence-corrected chi connectivity index (χ2v) is 4.51. The second-order valence-electron chi connectivity index (χ2n) is 4.51. The number of carbonyl (C=O) groups is 1. The van der Waals surface area contributed by atoms with Crippen LogP contribution >= 0.6 is 0 Å². The molecule has 0 spiro atoms. The van der Waals surface area contributed by atoms with Gasteiger partial charge in [0, 0.05) is 5.92 Å². The van der Waals surface area contributed by atoms with E-state index in [2.05, 4.69) is 24.3 Å². The normalized spacial score (nSPS) is 29.6. The Hall–Kier alpha value is -1.57. The largest absolute Gasteiger partial charge is 0.465 e. The molecular weight excluding hydrogens is 200 g/mol. The second kappa shape index (κ2) is 3.78. The summed E-state index contributed by atoms with van der Waals surface area (Å²) < 4.78 is 5.12. The van der Waals surface area contributed by atoms with E-state index in [1.165, 1.54) is 11.1 Å². The summed E-state index contributed by atoms with van der Waals surface area (Å²) in [7, 11) is 0. The summed E-state index contributed by atoms with van der Waals surface area (Å²) in [4.78, 5) is 11.5. The SMILES string of the molecule is O=C1OCC2CCc3ccccc3/C=C\C12. The Morgan fingerprint density at radius 2 is 2.12 bits per heavy atom. The van der Waals surface area contributed by atoms with Crippen LogP contribution in [0.3, 0.4) is 0 Å². The number of fused-ring (bicyclic) bond motifs is 2. The summed E-state index contributed by atoms with van der Waals surface area (Å²) in [6.45, 7) is 0.593. The lowest BCUT2D eigenvalue weighted by molar-refractivity contribution is -0.140. The molecule has 0 radical (unpaired) electrons. The topological polar surface area (TPSA) is 26.3 Å². The minimum atomic E-state index is -0.0550. The van der Waals surface area contributed by atoms with Gasteiger partial charge in [0.2, 0.25) is 0 Å². The van der Waals surface area contributed by atoms with Crippen LogP contribution in [0, 0.1) is 11.8 Å². The van der Waals surface area contributed by atoms with Gasteiger partial charge in [0.1, 0.15) is 0 Å². The number of benzene rings is 1. The molecule has 16 heavy (non-hydrogen) atoms. The molecule has 2 heteroatoms. The molecule has 1 aromatic rings. The van der Waals surface area contributed by atoms with Gasteiger partial charge in [0.25, 0.3) is 0 Å². The van der Waals surface area contributed by atoms with Gasteiger partial charge in [0.05, 0.1) is 12.5 Å². The Morgan fingerprint density at radius 1 is 1.25 bits per heavy atom. The number of cyclic esters (lactones) is 1. The molecule has 1 aliphatic carbocycles. The zero-order valence-corrected chi connectivity index (χ0v) is 9.06. The quantitative estimate of drug-likeness (QED) is 0.620. The molecule has 1 aromatic carbocycles. The van der Waals surface area contributed by atoms with E-state index in [0.717, 1.165) is 12.8 Å². The van der Waals surface area contributed by atoms with Crippen molar-refractivity contribution in [1.82, 2.24) is 0 Å². The number of hydrogen-bond acceptors (Lipinski definition) is 2. The summed E-state index contributed by atoms with van der Waals surface area (Å²) in [6.07, 6.45) is 6.16. The Morgan fingerprint density at radius 3 is 3.06 bits per heavy atom. The molecule has 3 rings (SSSR count). The number of hydrogen-bond donors (Lipinski definition) is 0. The molecule has 1 saturated heterocycles. The average molecular weight is 214 g/mol. The standard InChI is InChI=1S/C14H14O2/c15-14-13-8-7-11-4-2-1-3-10(11)5-6-12(13)9-16-14/h1-4,7-8,12-13H,5-6,9H2/b8-7-. The number of aryl methyl sites for hydroxylation is 1. The molecule has 0 aromatic heterocycles. The van der Waals surface area contributed by atoms with Crippen LogP contribution in [-0.4, -0.2) is 12.6 Å². The van der Waals surface area contributed by atoms with Gasteiger partial charge in [-0.1, -0.05) is 36.4 Å². The summed E-state index contributed by atoms with van der Waals surface area (Å²) >= 11 is 0. The summed E-state index contributed by atoms with van der Waals surface area (Å²) in [6, 6.07) is 8.38. The van der Waals surface area contributed by atoms with Crippen molar-refractivity contribution in [3.63, 3.8) is 0 Å². The third-order valence-corrected chi connectivity index (χ3v) is 3.54. The first-order valence-corrected chi connectivity index (χ1v) is 5.77. The summed E-state index contributed by atoms with van der Waals surface area (Å²) in [5, 5.41) is 0. The lowest BCUT2D eigenvalue weighted by Gasteiger charge is -2.16. The highest BCUT2D eigenvalue weighted by atomic mass is 16.5. The molecule has 1 fully saturated rings. The van der Waals surface area contributed by atoms with Crippen LogP contribution in [-0.2, 0) is 16.0 Å². The van der Waals surface area contributed by atoms with E-state index >= 15 is 0 Å². The highest BCUT2D eigenvalue weighted by Crippen LogP contribution is 2.31. The molecule has 0 N–H and O–H groups in total. The zero-order chi connectivity index (χ0) is 11.0. The maximum Gasteiger partial charge on any atom is 0.313 e. The van der Waals surface area contributed by atoms with E-state index in [9.17, 15) is 4.79 Å². The lowest BCUT2D eigenvalue weighted by Crippen LogP contribution is -2.15. The maximum atomic E-state index is 11.5. The number of carbonyl (C=O) groups excluding carboxylic acids is 1. The van der Waals surface area contributed by atoms with Gasteiger partial charge in [-0.2, -0.15) is 0 Å². The fraction of sp³-hybridized carbons (Fsp3) is 0.357. The molecule has 2 atom stereocenters. The monoisotopic (exact) mass is 214 g/mol. The van der Waals surface area contributed by atoms with Crippen molar-refractivity contribution in [2.75, 3.05) is 6.61 Å². The van der Waals surface area contributed by atoms with Crippen molar-refractivity contribution in [2.45, 2.75) is 12.8 Å². The van der Waals surface area contributed by atoms with Crippen LogP contribution in [0.1, 0.15) is 17.5 Å². The van der Waals surface area contributed by atoms with Gasteiger partial charge >= 0.3 is 5.97 Å². The van der Waals surface area contributed by atoms with Gasteiger partial charge < -0.3 is 4.74 Å². The molecule has 2 aliphatic rings. The van der Waals surface area contributed by atoms with Crippen LogP contribution in [0.15, 0.2) is 30.3 Å². The minimum Gasteiger partial charge on any atom is -0.465 e. The predicted octanol–water partition coefficient (Wildman–Crippen LogP) is 2.44. The maximum absolute atomic E-state index is 11.5. The van der Waals surface area contributed by atoms with Crippen molar-refractivity contribution in [2.24, 2.45) is 11.8 Å². The first-order valence-electron chi connectivity index (χ1n) is 5.77. The predicted molar refractivity (Wildman–Crippen MR) is 61.7 cm³/mol.